The summed E-state index contributed by atoms with van der Waals surface area (Å²) in [5.41, 5.74) is 2.81. The summed E-state index contributed by atoms with van der Waals surface area (Å²) in [7, 11) is 0. The molecule has 0 bridgehead atoms. The number of urea groups is 1. The summed E-state index contributed by atoms with van der Waals surface area (Å²) < 4.78 is 12.8. The second-order valence-electron chi connectivity index (χ2n) is 6.03. The minimum Gasteiger partial charge on any atom is -0.372 e. The molecule has 24 heavy (non-hydrogen) atoms. The van der Waals surface area contributed by atoms with Crippen molar-refractivity contribution in [1.29, 1.82) is 0 Å². The number of nitrogens with one attached hydrogen (secondary N) is 2. The molecule has 5 heteroatoms. The van der Waals surface area contributed by atoms with Crippen molar-refractivity contribution in [2.45, 2.75) is 25.8 Å². The van der Waals surface area contributed by atoms with E-state index in [0.717, 1.165) is 24.3 Å². The lowest BCUT2D eigenvalue weighted by Crippen LogP contribution is -2.29. The van der Waals surface area contributed by atoms with Gasteiger partial charge in [-0.2, -0.15) is 0 Å². The lowest BCUT2D eigenvalue weighted by molar-refractivity contribution is 0.251. The van der Waals surface area contributed by atoms with Gasteiger partial charge in [0.2, 0.25) is 0 Å². The van der Waals surface area contributed by atoms with Gasteiger partial charge >= 0.3 is 6.03 Å². The highest BCUT2D eigenvalue weighted by Crippen LogP contribution is 2.21. The van der Waals surface area contributed by atoms with Crippen LogP contribution in [-0.2, 0) is 6.54 Å². The molecule has 0 aliphatic carbocycles. The Morgan fingerprint density at radius 3 is 2.29 bits per heavy atom. The van der Waals surface area contributed by atoms with Crippen molar-refractivity contribution in [2.24, 2.45) is 0 Å². The van der Waals surface area contributed by atoms with Gasteiger partial charge in [-0.1, -0.05) is 12.1 Å². The van der Waals surface area contributed by atoms with Crippen molar-refractivity contribution in [3.8, 4) is 0 Å². The number of amides is 2. The molecule has 1 saturated heterocycles. The third-order valence-corrected chi connectivity index (χ3v) is 4.21. The number of rotatable bonds is 4. The molecular weight excluding hydrogens is 305 g/mol. The van der Waals surface area contributed by atoms with Gasteiger partial charge in [-0.05, 0) is 61.2 Å². The molecule has 2 amide bonds. The van der Waals surface area contributed by atoms with Crippen LogP contribution < -0.4 is 15.5 Å². The number of carbonyl (C=O) groups excluding carboxylic acids is 1. The quantitative estimate of drug-likeness (QED) is 0.886. The molecule has 0 aromatic heterocycles. The molecule has 0 unspecified atom stereocenters. The number of halogens is 1. The lowest BCUT2D eigenvalue weighted by atomic mass is 10.1. The van der Waals surface area contributed by atoms with Crippen molar-refractivity contribution in [1.82, 2.24) is 5.32 Å². The van der Waals surface area contributed by atoms with Crippen LogP contribution in [0.1, 0.15) is 24.8 Å². The second kappa shape index (κ2) is 7.81. The molecule has 2 aromatic rings. The molecule has 1 aliphatic heterocycles. The standard InChI is InChI=1S/C19H22FN3O/c20-16-6-4-15(5-7-16)14-21-19(24)22-17-8-10-18(11-9-17)23-12-2-1-3-13-23/h4-11H,1-3,12-14H2,(H2,21,22,24). The van der Waals surface area contributed by atoms with Crippen molar-refractivity contribution in [3.05, 3.63) is 59.9 Å². The van der Waals surface area contributed by atoms with E-state index >= 15 is 0 Å². The molecule has 4 nitrogen and oxygen atoms in total. The first-order valence-corrected chi connectivity index (χ1v) is 8.35. The molecule has 0 spiro atoms. The zero-order valence-corrected chi connectivity index (χ0v) is 13.6. The van der Waals surface area contributed by atoms with Crippen molar-refractivity contribution >= 4 is 17.4 Å². The van der Waals surface area contributed by atoms with E-state index in [2.05, 4.69) is 15.5 Å². The predicted molar refractivity (Wildman–Crippen MR) is 94.8 cm³/mol. The zero-order valence-electron chi connectivity index (χ0n) is 13.6. The van der Waals surface area contributed by atoms with Crippen LogP contribution in [0.5, 0.6) is 0 Å². The number of carbonyl (C=O) groups is 1. The third kappa shape index (κ3) is 4.47. The van der Waals surface area contributed by atoms with Crippen LogP contribution in [0.25, 0.3) is 0 Å². The van der Waals surface area contributed by atoms with E-state index in [1.807, 2.05) is 24.3 Å². The largest absolute Gasteiger partial charge is 0.372 e. The smallest absolute Gasteiger partial charge is 0.319 e. The zero-order chi connectivity index (χ0) is 16.8. The summed E-state index contributed by atoms with van der Waals surface area (Å²) in [5, 5.41) is 5.57. The molecule has 3 rings (SSSR count). The molecule has 1 fully saturated rings. The van der Waals surface area contributed by atoms with E-state index in [4.69, 9.17) is 0 Å². The molecule has 0 atom stereocenters. The summed E-state index contributed by atoms with van der Waals surface area (Å²) in [6, 6.07) is 13.7. The lowest BCUT2D eigenvalue weighted by Gasteiger charge is -2.28. The Hall–Kier alpha value is -2.56. The summed E-state index contributed by atoms with van der Waals surface area (Å²) in [5.74, 6) is -0.281. The summed E-state index contributed by atoms with van der Waals surface area (Å²) in [6.07, 6.45) is 3.79. The average molecular weight is 327 g/mol. The van der Waals surface area contributed by atoms with Gasteiger partial charge in [-0.25, -0.2) is 9.18 Å². The first-order valence-electron chi connectivity index (χ1n) is 8.35. The normalized spacial score (nSPS) is 14.3. The maximum Gasteiger partial charge on any atom is 0.319 e. The van der Waals surface area contributed by atoms with Gasteiger partial charge in [0.05, 0.1) is 0 Å². The van der Waals surface area contributed by atoms with Gasteiger partial charge in [0.15, 0.2) is 0 Å². The van der Waals surface area contributed by atoms with Crippen LogP contribution in [0.4, 0.5) is 20.6 Å². The molecule has 0 radical (unpaired) electrons. The van der Waals surface area contributed by atoms with E-state index in [1.165, 1.54) is 37.1 Å². The fraction of sp³-hybridized carbons (Fsp3) is 0.316. The van der Waals surface area contributed by atoms with E-state index in [1.54, 1.807) is 12.1 Å². The molecule has 1 aliphatic rings. The molecule has 1 heterocycles. The Morgan fingerprint density at radius 1 is 0.958 bits per heavy atom. The Labute approximate surface area is 141 Å². The highest BCUT2D eigenvalue weighted by molar-refractivity contribution is 5.89. The first kappa shape index (κ1) is 16.3. The summed E-state index contributed by atoms with van der Waals surface area (Å²) in [4.78, 5) is 14.3. The van der Waals surface area contributed by atoms with Crippen LogP contribution in [0.2, 0.25) is 0 Å². The highest BCUT2D eigenvalue weighted by atomic mass is 19.1. The molecular formula is C19H22FN3O. The van der Waals surface area contributed by atoms with Gasteiger partial charge in [-0.15, -0.1) is 0 Å². The summed E-state index contributed by atoms with van der Waals surface area (Å²) >= 11 is 0. The van der Waals surface area contributed by atoms with E-state index < -0.39 is 0 Å². The van der Waals surface area contributed by atoms with E-state index in [0.29, 0.717) is 6.54 Å². The van der Waals surface area contributed by atoms with Gasteiger partial charge in [0.25, 0.3) is 0 Å². The molecule has 0 saturated carbocycles. The Bertz CT molecular complexity index is 664. The Balaban J connectivity index is 1.49. The second-order valence-corrected chi connectivity index (χ2v) is 6.03. The van der Waals surface area contributed by atoms with E-state index in [9.17, 15) is 9.18 Å². The van der Waals surface area contributed by atoms with E-state index in [-0.39, 0.29) is 11.8 Å². The van der Waals surface area contributed by atoms with Gasteiger partial charge in [0.1, 0.15) is 5.82 Å². The first-order chi connectivity index (χ1) is 11.7. The monoisotopic (exact) mass is 327 g/mol. The maximum atomic E-state index is 12.8. The molecule has 2 aromatic carbocycles. The third-order valence-electron chi connectivity index (χ3n) is 4.21. The van der Waals surface area contributed by atoms with Crippen molar-refractivity contribution < 1.29 is 9.18 Å². The minimum absolute atomic E-state index is 0.273. The fourth-order valence-corrected chi connectivity index (χ4v) is 2.87. The van der Waals surface area contributed by atoms with Crippen LogP contribution in [0.3, 0.4) is 0 Å². The average Bonchev–Trinajstić information content (AvgIpc) is 2.63. The number of nitrogens with zero attached hydrogens (tertiary/aromatic N) is 1. The fourth-order valence-electron chi connectivity index (χ4n) is 2.87. The van der Waals surface area contributed by atoms with Crippen LogP contribution >= 0.6 is 0 Å². The van der Waals surface area contributed by atoms with Gasteiger partial charge in [-0.3, -0.25) is 0 Å². The predicted octanol–water partition coefficient (Wildman–Crippen LogP) is 4.14. The highest BCUT2D eigenvalue weighted by Gasteiger charge is 2.10. The maximum absolute atomic E-state index is 12.8. The van der Waals surface area contributed by atoms with Crippen LogP contribution in [-0.4, -0.2) is 19.1 Å². The van der Waals surface area contributed by atoms with Gasteiger partial charge in [0, 0.05) is 31.0 Å². The summed E-state index contributed by atoms with van der Waals surface area (Å²) in [6.45, 7) is 2.56. The number of anilines is 2. The Morgan fingerprint density at radius 2 is 1.62 bits per heavy atom. The molecule has 2 N–H and O–H groups in total. The SMILES string of the molecule is O=C(NCc1ccc(F)cc1)Nc1ccc(N2CCCCC2)cc1. The topological polar surface area (TPSA) is 44.4 Å². The number of hydrogen-bond acceptors (Lipinski definition) is 2. The Kier molecular flexibility index (Phi) is 5.31. The minimum atomic E-state index is -0.281. The van der Waals surface area contributed by atoms with Crippen LogP contribution in [0.15, 0.2) is 48.5 Å². The molecule has 126 valence electrons. The van der Waals surface area contributed by atoms with Crippen molar-refractivity contribution in [2.75, 3.05) is 23.3 Å². The number of piperidine rings is 1. The number of benzene rings is 2. The number of hydrogen-bond donors (Lipinski definition) is 2. The van der Waals surface area contributed by atoms with Gasteiger partial charge < -0.3 is 15.5 Å². The van der Waals surface area contributed by atoms with Crippen molar-refractivity contribution in [3.63, 3.8) is 0 Å². The van der Waals surface area contributed by atoms with Crippen LogP contribution in [0, 0.1) is 5.82 Å².